The average molecular weight is 473 g/mol. The number of ether oxygens (including phenoxy) is 2. The largest absolute Gasteiger partial charge is 0.387 e. The predicted molar refractivity (Wildman–Crippen MR) is 123 cm³/mol. The van der Waals surface area contributed by atoms with Crippen LogP contribution in [0.15, 0.2) is 23.8 Å². The molecule has 1 saturated heterocycles. The molecule has 5 aliphatic rings. The van der Waals surface area contributed by atoms with Gasteiger partial charge in [-0.05, 0) is 74.7 Å². The van der Waals surface area contributed by atoms with Gasteiger partial charge in [-0.15, -0.1) is 6.42 Å². The van der Waals surface area contributed by atoms with Crippen molar-refractivity contribution in [1.82, 2.24) is 0 Å². The lowest BCUT2D eigenvalue weighted by atomic mass is 9.48. The van der Waals surface area contributed by atoms with Gasteiger partial charge in [-0.2, -0.15) is 0 Å². The Morgan fingerprint density at radius 1 is 1.18 bits per heavy atom. The van der Waals surface area contributed by atoms with Crippen LogP contribution in [-0.4, -0.2) is 62.7 Å². The Kier molecular flexibility index (Phi) is 6.08. The third-order valence-corrected chi connectivity index (χ3v) is 9.76. The normalized spacial score (nSPS) is 50.6. The van der Waals surface area contributed by atoms with Crippen LogP contribution in [0.2, 0.25) is 0 Å². The van der Waals surface area contributed by atoms with Crippen molar-refractivity contribution >= 4 is 5.78 Å². The second-order valence-electron chi connectivity index (χ2n) is 11.0. The summed E-state index contributed by atoms with van der Waals surface area (Å²) >= 11 is 0. The molecule has 0 amide bonds. The van der Waals surface area contributed by atoms with Gasteiger partial charge in [-0.25, -0.2) is 0 Å². The zero-order chi connectivity index (χ0) is 24.4. The molecule has 4 N–H and O–H groups in total. The molecule has 1 aliphatic heterocycles. The van der Waals surface area contributed by atoms with Gasteiger partial charge in [0, 0.05) is 11.8 Å². The number of ketones is 1. The summed E-state index contributed by atoms with van der Waals surface area (Å²) in [5, 5.41) is 40.6. The molecule has 4 unspecified atom stereocenters. The van der Waals surface area contributed by atoms with E-state index in [0.717, 1.165) is 37.7 Å². The number of hydrogen-bond acceptors (Lipinski definition) is 7. The third-order valence-electron chi connectivity index (χ3n) is 9.76. The van der Waals surface area contributed by atoms with Crippen LogP contribution >= 0.6 is 0 Å². The molecule has 0 spiro atoms. The molecule has 1 heterocycles. The Bertz CT molecular complexity index is 936. The first-order valence-corrected chi connectivity index (χ1v) is 12.6. The summed E-state index contributed by atoms with van der Waals surface area (Å²) in [6, 6.07) is 0. The quantitative estimate of drug-likeness (QED) is 0.366. The lowest BCUT2D eigenvalue weighted by molar-refractivity contribution is -0.362. The Morgan fingerprint density at radius 2 is 1.94 bits per heavy atom. The minimum atomic E-state index is -1.68. The van der Waals surface area contributed by atoms with Crippen molar-refractivity contribution in [2.45, 2.75) is 94.8 Å². The van der Waals surface area contributed by atoms with E-state index in [-0.39, 0.29) is 5.78 Å². The number of hydrogen-bond donors (Lipinski definition) is 4. The van der Waals surface area contributed by atoms with Gasteiger partial charge in [0.1, 0.15) is 23.9 Å². The summed E-state index contributed by atoms with van der Waals surface area (Å²) < 4.78 is 11.7. The molecule has 0 aromatic rings. The van der Waals surface area contributed by atoms with Crippen LogP contribution in [0.1, 0.15) is 58.3 Å². The maximum absolute atomic E-state index is 12.0. The lowest BCUT2D eigenvalue weighted by Gasteiger charge is -2.58. The highest BCUT2D eigenvalue weighted by Crippen LogP contribution is 2.68. The number of fused-ring (bicyclic) bond motifs is 5. The van der Waals surface area contributed by atoms with E-state index < -0.39 is 41.9 Å². The van der Waals surface area contributed by atoms with Crippen molar-refractivity contribution in [2.75, 3.05) is 0 Å². The fourth-order valence-electron chi connectivity index (χ4n) is 8.22. The zero-order valence-corrected chi connectivity index (χ0v) is 19.7. The molecule has 4 fully saturated rings. The molecule has 4 aliphatic carbocycles. The molecular formula is C27H36O7. The van der Waals surface area contributed by atoms with Crippen LogP contribution in [0.25, 0.3) is 0 Å². The van der Waals surface area contributed by atoms with Gasteiger partial charge < -0.3 is 29.9 Å². The highest BCUT2D eigenvalue weighted by molar-refractivity contribution is 5.91. The van der Waals surface area contributed by atoms with Gasteiger partial charge in [-0.1, -0.05) is 30.6 Å². The van der Waals surface area contributed by atoms with E-state index in [1.165, 1.54) is 5.57 Å². The standard InChI is InChI=1S/C27H36O7/c1-4-26-13-14(3)20-17-9-7-16(28)12-15(17)6-8-18(20)19(26)10-11-27(26,5-2)34-25-23(31)21(29)22(30)24(32)33-25/h2,12,17-25,29-32H,3-4,6-11,13H2,1H3/t17-,18-,19?,20?,21?,22+,23+,24?,25+,26-,27-/m1/s1. The molecule has 0 aromatic heterocycles. The molecule has 0 bridgehead atoms. The van der Waals surface area contributed by atoms with Crippen LogP contribution in [0.5, 0.6) is 0 Å². The van der Waals surface area contributed by atoms with Gasteiger partial charge >= 0.3 is 0 Å². The van der Waals surface area contributed by atoms with Gasteiger partial charge in [-0.3, -0.25) is 4.79 Å². The van der Waals surface area contributed by atoms with E-state index in [1.54, 1.807) is 0 Å². The smallest absolute Gasteiger partial charge is 0.191 e. The van der Waals surface area contributed by atoms with Crippen molar-refractivity contribution in [1.29, 1.82) is 0 Å². The molecule has 0 aromatic carbocycles. The van der Waals surface area contributed by atoms with E-state index in [1.807, 2.05) is 6.08 Å². The highest BCUT2D eigenvalue weighted by atomic mass is 16.8. The van der Waals surface area contributed by atoms with E-state index >= 15 is 0 Å². The topological polar surface area (TPSA) is 116 Å². The number of aliphatic hydroxyl groups is 4. The summed E-state index contributed by atoms with van der Waals surface area (Å²) in [5.41, 5.74) is 0.951. The number of rotatable bonds is 3. The number of terminal acetylenes is 1. The van der Waals surface area contributed by atoms with E-state index in [0.29, 0.717) is 42.9 Å². The maximum atomic E-state index is 12.0. The SMILES string of the molecule is C#C[C@@]1(O[C@@H]2OC(O)[C@@H](O)C(O)[C@@H]2O)CCC2[C@H]3CCC4=CC(=O)CC[C@H]4C3C(=C)C[C@]21CC. The van der Waals surface area contributed by atoms with Crippen molar-refractivity contribution < 1.29 is 34.7 Å². The molecule has 5 rings (SSSR count). The first-order chi connectivity index (χ1) is 16.2. The highest BCUT2D eigenvalue weighted by Gasteiger charge is 2.66. The Morgan fingerprint density at radius 3 is 2.65 bits per heavy atom. The van der Waals surface area contributed by atoms with Gasteiger partial charge in [0.15, 0.2) is 18.4 Å². The molecule has 34 heavy (non-hydrogen) atoms. The van der Waals surface area contributed by atoms with Crippen LogP contribution in [0.4, 0.5) is 0 Å². The molecule has 7 heteroatoms. The number of carbonyl (C=O) groups excluding carboxylic acids is 1. The molecule has 0 radical (unpaired) electrons. The fourth-order valence-corrected chi connectivity index (χ4v) is 8.22. The second kappa shape index (κ2) is 8.55. The monoisotopic (exact) mass is 472 g/mol. The van der Waals surface area contributed by atoms with Gasteiger partial charge in [0.25, 0.3) is 0 Å². The van der Waals surface area contributed by atoms with Crippen molar-refractivity contribution in [3.8, 4) is 12.3 Å². The first kappa shape index (κ1) is 24.2. The second-order valence-corrected chi connectivity index (χ2v) is 11.0. The lowest BCUT2D eigenvalue weighted by Crippen LogP contribution is -2.62. The third kappa shape index (κ3) is 3.31. The minimum absolute atomic E-state index is 0.232. The maximum Gasteiger partial charge on any atom is 0.191 e. The molecule has 7 nitrogen and oxygen atoms in total. The fraction of sp³-hybridized carbons (Fsp3) is 0.741. The van der Waals surface area contributed by atoms with Gasteiger partial charge in [0.05, 0.1) is 0 Å². The Labute approximate surface area is 200 Å². The zero-order valence-electron chi connectivity index (χ0n) is 19.7. The summed E-state index contributed by atoms with van der Waals surface area (Å²) in [4.78, 5) is 12.0. The summed E-state index contributed by atoms with van der Waals surface area (Å²) in [6.07, 6.45) is 6.49. The van der Waals surface area contributed by atoms with Crippen molar-refractivity contribution in [2.24, 2.45) is 29.1 Å². The van der Waals surface area contributed by atoms with Crippen LogP contribution in [0, 0.1) is 41.4 Å². The number of allylic oxidation sites excluding steroid dienone is 2. The molecule has 3 saturated carbocycles. The molecule has 11 atom stereocenters. The van der Waals surface area contributed by atoms with Crippen LogP contribution in [-0.2, 0) is 14.3 Å². The summed E-state index contributed by atoms with van der Waals surface area (Å²) in [5.74, 6) is 4.55. The average Bonchev–Trinajstić information content (AvgIpc) is 3.15. The van der Waals surface area contributed by atoms with Crippen LogP contribution < -0.4 is 0 Å². The van der Waals surface area contributed by atoms with Crippen LogP contribution in [0.3, 0.4) is 0 Å². The van der Waals surface area contributed by atoms with E-state index in [2.05, 4.69) is 19.4 Å². The predicted octanol–water partition coefficient (Wildman–Crippen LogP) is 1.83. The number of carbonyl (C=O) groups is 1. The summed E-state index contributed by atoms with van der Waals surface area (Å²) in [7, 11) is 0. The minimum Gasteiger partial charge on any atom is -0.387 e. The first-order valence-electron chi connectivity index (χ1n) is 12.6. The van der Waals surface area contributed by atoms with Crippen molar-refractivity contribution in [3.05, 3.63) is 23.8 Å². The Balaban J connectivity index is 1.47. The van der Waals surface area contributed by atoms with Crippen molar-refractivity contribution in [3.63, 3.8) is 0 Å². The van der Waals surface area contributed by atoms with E-state index in [4.69, 9.17) is 15.9 Å². The summed E-state index contributed by atoms with van der Waals surface area (Å²) in [6.45, 7) is 6.64. The number of aliphatic hydroxyl groups excluding tert-OH is 4. The molecular weight excluding hydrogens is 436 g/mol. The Hall–Kier alpha value is -1.53. The molecule has 186 valence electrons. The van der Waals surface area contributed by atoms with E-state index in [9.17, 15) is 25.2 Å². The van der Waals surface area contributed by atoms with Gasteiger partial charge in [0.2, 0.25) is 0 Å².